The molecule has 2 aromatic rings. The Kier molecular flexibility index (Phi) is 4.80. The van der Waals surface area contributed by atoms with Crippen molar-refractivity contribution in [3.8, 4) is 5.75 Å². The Labute approximate surface area is 153 Å². The van der Waals surface area contributed by atoms with Gasteiger partial charge in [0.05, 0.1) is 5.69 Å². The van der Waals surface area contributed by atoms with Crippen molar-refractivity contribution in [2.45, 2.75) is 20.8 Å². The molecule has 0 aromatic heterocycles. The van der Waals surface area contributed by atoms with Gasteiger partial charge in [-0.2, -0.15) is 0 Å². The Balaban J connectivity index is 1.82. The molecule has 0 unspecified atom stereocenters. The molecule has 0 bridgehead atoms. The molecule has 0 spiro atoms. The molecule has 3 rings (SSSR count). The van der Waals surface area contributed by atoms with Gasteiger partial charge in [-0.15, -0.1) is 0 Å². The van der Waals surface area contributed by atoms with E-state index in [1.54, 1.807) is 29.2 Å². The maximum absolute atomic E-state index is 12.5. The molecule has 0 saturated carbocycles. The third kappa shape index (κ3) is 3.61. The molecular weight excluding hydrogens is 328 g/mol. The number of benzene rings is 2. The average molecular weight is 350 g/mol. The Morgan fingerprint density at radius 3 is 2.65 bits per heavy atom. The first-order valence-electron chi connectivity index (χ1n) is 8.45. The van der Waals surface area contributed by atoms with Crippen LogP contribution in [0, 0.1) is 13.8 Å². The Morgan fingerprint density at radius 2 is 1.96 bits per heavy atom. The molecule has 0 fully saturated rings. The van der Waals surface area contributed by atoms with Crippen molar-refractivity contribution in [3.63, 3.8) is 0 Å². The lowest BCUT2D eigenvalue weighted by Crippen LogP contribution is -2.39. The molecule has 5 nitrogen and oxygen atoms in total. The summed E-state index contributed by atoms with van der Waals surface area (Å²) in [5.74, 6) is 0.287. The average Bonchev–Trinajstić information content (AvgIpc) is 2.59. The van der Waals surface area contributed by atoms with E-state index in [9.17, 15) is 9.59 Å². The van der Waals surface area contributed by atoms with Gasteiger partial charge in [0.15, 0.2) is 6.61 Å². The molecule has 1 heterocycles. The number of ether oxygens (including phenoxy) is 1. The predicted octanol–water partition coefficient (Wildman–Crippen LogP) is 3.86. The molecule has 0 atom stereocenters. The molecule has 0 radical (unpaired) electrons. The summed E-state index contributed by atoms with van der Waals surface area (Å²) in [5.41, 5.74) is 5.01. The fourth-order valence-corrected chi connectivity index (χ4v) is 2.81. The number of rotatable bonds is 4. The topological polar surface area (TPSA) is 58.6 Å². The van der Waals surface area contributed by atoms with Crippen LogP contribution in [-0.2, 0) is 4.79 Å². The van der Waals surface area contributed by atoms with Crippen molar-refractivity contribution in [1.82, 2.24) is 0 Å². The molecule has 1 aliphatic rings. The Bertz CT molecular complexity index is 902. The lowest BCUT2D eigenvalue weighted by molar-refractivity contribution is -0.121. The van der Waals surface area contributed by atoms with Gasteiger partial charge in [-0.1, -0.05) is 18.2 Å². The number of carbonyl (C=O) groups is 2. The van der Waals surface area contributed by atoms with Gasteiger partial charge in [0, 0.05) is 23.9 Å². The summed E-state index contributed by atoms with van der Waals surface area (Å²) in [6.07, 6.45) is 0. The van der Waals surface area contributed by atoms with Crippen molar-refractivity contribution in [3.05, 3.63) is 65.2 Å². The Morgan fingerprint density at radius 1 is 1.19 bits per heavy atom. The van der Waals surface area contributed by atoms with Crippen LogP contribution in [0.15, 0.2) is 48.6 Å². The quantitative estimate of drug-likeness (QED) is 0.852. The SMILES string of the molecule is C=C(C)CN1C(=O)COc2cc(NC(=O)c3ccc(C)c(C)c3)ccc21. The monoisotopic (exact) mass is 350 g/mol. The van der Waals surface area contributed by atoms with E-state index in [1.165, 1.54) is 0 Å². The zero-order valence-corrected chi connectivity index (χ0v) is 15.3. The van der Waals surface area contributed by atoms with Gasteiger partial charge in [-0.05, 0) is 56.2 Å². The molecule has 26 heavy (non-hydrogen) atoms. The van der Waals surface area contributed by atoms with Crippen LogP contribution in [0.25, 0.3) is 0 Å². The number of anilines is 2. The van der Waals surface area contributed by atoms with E-state index in [4.69, 9.17) is 4.74 Å². The van der Waals surface area contributed by atoms with Crippen molar-refractivity contribution >= 4 is 23.2 Å². The summed E-state index contributed by atoms with van der Waals surface area (Å²) < 4.78 is 5.54. The minimum Gasteiger partial charge on any atom is -0.481 e. The summed E-state index contributed by atoms with van der Waals surface area (Å²) in [6, 6.07) is 10.9. The molecule has 0 saturated heterocycles. The van der Waals surface area contributed by atoms with Crippen LogP contribution >= 0.6 is 0 Å². The number of hydrogen-bond donors (Lipinski definition) is 1. The summed E-state index contributed by atoms with van der Waals surface area (Å²) in [5, 5.41) is 2.88. The molecule has 2 aromatic carbocycles. The van der Waals surface area contributed by atoms with E-state index in [-0.39, 0.29) is 18.4 Å². The fourth-order valence-electron chi connectivity index (χ4n) is 2.81. The number of aryl methyl sites for hydroxylation is 2. The number of carbonyl (C=O) groups excluding carboxylic acids is 2. The third-order valence-corrected chi connectivity index (χ3v) is 4.36. The van der Waals surface area contributed by atoms with E-state index in [2.05, 4.69) is 11.9 Å². The van der Waals surface area contributed by atoms with Crippen molar-refractivity contribution in [2.75, 3.05) is 23.4 Å². The molecule has 134 valence electrons. The van der Waals surface area contributed by atoms with E-state index >= 15 is 0 Å². The van der Waals surface area contributed by atoms with Gasteiger partial charge in [0.25, 0.3) is 11.8 Å². The summed E-state index contributed by atoms with van der Waals surface area (Å²) >= 11 is 0. The first-order chi connectivity index (χ1) is 12.3. The highest BCUT2D eigenvalue weighted by Crippen LogP contribution is 2.35. The number of nitrogens with one attached hydrogen (secondary N) is 1. The second-order valence-electron chi connectivity index (χ2n) is 6.66. The molecular formula is C21H22N2O3. The van der Waals surface area contributed by atoms with Crippen molar-refractivity contribution in [1.29, 1.82) is 0 Å². The van der Waals surface area contributed by atoms with Crippen LogP contribution in [0.1, 0.15) is 28.4 Å². The van der Waals surface area contributed by atoms with Gasteiger partial charge in [0.1, 0.15) is 5.75 Å². The van der Waals surface area contributed by atoms with Crippen molar-refractivity contribution in [2.24, 2.45) is 0 Å². The van der Waals surface area contributed by atoms with Gasteiger partial charge >= 0.3 is 0 Å². The molecule has 1 aliphatic heterocycles. The third-order valence-electron chi connectivity index (χ3n) is 4.36. The maximum atomic E-state index is 12.5. The largest absolute Gasteiger partial charge is 0.481 e. The highest BCUT2D eigenvalue weighted by molar-refractivity contribution is 6.05. The number of fused-ring (bicyclic) bond motifs is 1. The van der Waals surface area contributed by atoms with Crippen LogP contribution < -0.4 is 15.0 Å². The summed E-state index contributed by atoms with van der Waals surface area (Å²) in [4.78, 5) is 26.2. The van der Waals surface area contributed by atoms with E-state index in [0.717, 1.165) is 16.7 Å². The van der Waals surface area contributed by atoms with Crippen LogP contribution in [0.5, 0.6) is 5.75 Å². The first-order valence-corrected chi connectivity index (χ1v) is 8.45. The van der Waals surface area contributed by atoms with Gasteiger partial charge in [0.2, 0.25) is 0 Å². The minimum atomic E-state index is -0.182. The highest BCUT2D eigenvalue weighted by Gasteiger charge is 2.25. The van der Waals surface area contributed by atoms with E-state index in [1.807, 2.05) is 32.9 Å². The fraction of sp³-hybridized carbons (Fsp3) is 0.238. The van der Waals surface area contributed by atoms with Crippen LogP contribution in [0.3, 0.4) is 0 Å². The second-order valence-corrected chi connectivity index (χ2v) is 6.66. The minimum absolute atomic E-state index is 0.0190. The van der Waals surface area contributed by atoms with Crippen LogP contribution in [0.4, 0.5) is 11.4 Å². The lowest BCUT2D eigenvalue weighted by atomic mass is 10.1. The standard InChI is InChI=1S/C21H22N2O3/c1-13(2)11-23-18-8-7-17(10-19(18)26-12-20(23)24)22-21(25)16-6-5-14(3)15(4)9-16/h5-10H,1,11-12H2,2-4H3,(H,22,25). The number of nitrogens with zero attached hydrogens (tertiary/aromatic N) is 1. The number of hydrogen-bond acceptors (Lipinski definition) is 3. The molecule has 1 N–H and O–H groups in total. The molecule has 5 heteroatoms. The zero-order valence-electron chi connectivity index (χ0n) is 15.3. The predicted molar refractivity (Wildman–Crippen MR) is 103 cm³/mol. The maximum Gasteiger partial charge on any atom is 0.265 e. The van der Waals surface area contributed by atoms with Crippen molar-refractivity contribution < 1.29 is 14.3 Å². The molecule has 2 amide bonds. The normalized spacial score (nSPS) is 13.0. The molecule has 0 aliphatic carbocycles. The Hall–Kier alpha value is -3.08. The van der Waals surface area contributed by atoms with E-state index < -0.39 is 0 Å². The zero-order chi connectivity index (χ0) is 18.8. The highest BCUT2D eigenvalue weighted by atomic mass is 16.5. The summed E-state index contributed by atoms with van der Waals surface area (Å²) in [6.45, 7) is 10.2. The number of amides is 2. The van der Waals surface area contributed by atoms with Crippen LogP contribution in [-0.4, -0.2) is 25.0 Å². The lowest BCUT2D eigenvalue weighted by Gasteiger charge is -2.29. The summed E-state index contributed by atoms with van der Waals surface area (Å²) in [7, 11) is 0. The van der Waals surface area contributed by atoms with Gasteiger partial charge in [-0.3, -0.25) is 9.59 Å². The second kappa shape index (κ2) is 7.04. The smallest absolute Gasteiger partial charge is 0.265 e. The first kappa shape index (κ1) is 17.7. The van der Waals surface area contributed by atoms with E-state index in [0.29, 0.717) is 29.2 Å². The van der Waals surface area contributed by atoms with Gasteiger partial charge < -0.3 is 15.0 Å². The van der Waals surface area contributed by atoms with Crippen LogP contribution in [0.2, 0.25) is 0 Å². The van der Waals surface area contributed by atoms with Gasteiger partial charge in [-0.25, -0.2) is 0 Å².